The van der Waals surface area contributed by atoms with Crippen LogP contribution in [-0.2, 0) is 19.6 Å². The molecule has 1 aromatic rings. The molecule has 0 radical (unpaired) electrons. The van der Waals surface area contributed by atoms with Crippen molar-refractivity contribution in [2.45, 2.75) is 0 Å². The van der Waals surface area contributed by atoms with Gasteiger partial charge in [-0.15, -0.1) is 0 Å². The number of hydrogen-bond acceptors (Lipinski definition) is 4. The molecule has 0 spiro atoms. The first-order chi connectivity index (χ1) is 12.2. The summed E-state index contributed by atoms with van der Waals surface area (Å²) in [5, 5.41) is 2.40. The molecule has 1 fully saturated rings. The lowest BCUT2D eigenvalue weighted by atomic mass is 10.2. The van der Waals surface area contributed by atoms with Gasteiger partial charge in [0.05, 0.1) is 12.8 Å². The molecule has 0 saturated carbocycles. The molecule has 26 heavy (non-hydrogen) atoms. The van der Waals surface area contributed by atoms with Crippen molar-refractivity contribution in [3.63, 3.8) is 0 Å². The average molecular weight is 387 g/mol. The Morgan fingerprint density at radius 1 is 1.15 bits per heavy atom. The molecule has 1 aliphatic rings. The topological polar surface area (TPSA) is 86.8 Å². The van der Waals surface area contributed by atoms with Gasteiger partial charge >= 0.3 is 0 Å². The second-order valence-corrected chi connectivity index (χ2v) is 7.75. The summed E-state index contributed by atoms with van der Waals surface area (Å²) in [7, 11) is -3.27. The van der Waals surface area contributed by atoms with E-state index >= 15 is 0 Å². The van der Waals surface area contributed by atoms with Crippen LogP contribution in [0.2, 0.25) is 0 Å². The molecule has 2 amide bonds. The van der Waals surface area contributed by atoms with Crippen molar-refractivity contribution < 1.29 is 26.8 Å². The van der Waals surface area contributed by atoms with E-state index in [0.717, 1.165) is 24.5 Å². The highest BCUT2D eigenvalue weighted by atomic mass is 32.2. The van der Waals surface area contributed by atoms with Gasteiger partial charge in [0.2, 0.25) is 21.8 Å². The van der Waals surface area contributed by atoms with E-state index in [1.54, 1.807) is 0 Å². The Morgan fingerprint density at radius 2 is 1.81 bits per heavy atom. The number of carbonyl (C=O) groups is 2. The van der Waals surface area contributed by atoms with Crippen LogP contribution in [0.5, 0.6) is 0 Å². The zero-order valence-electron chi connectivity index (χ0n) is 14.1. The molecule has 1 aromatic carbocycles. The number of rotatable bonds is 5. The summed E-state index contributed by atoms with van der Waals surface area (Å²) in [6.45, 7) is 0.710. The Morgan fingerprint density at radius 3 is 2.38 bits per heavy atom. The highest BCUT2D eigenvalue weighted by Gasteiger charge is 2.25. The van der Waals surface area contributed by atoms with Gasteiger partial charge in [0, 0.05) is 32.3 Å². The monoisotopic (exact) mass is 387 g/mol. The van der Waals surface area contributed by atoms with E-state index in [9.17, 15) is 26.8 Å². The molecule has 1 heterocycles. The summed E-state index contributed by atoms with van der Waals surface area (Å²) in [5.74, 6) is -2.88. The Hall–Kier alpha value is -2.33. The maximum absolute atomic E-state index is 13.1. The van der Waals surface area contributed by atoms with E-state index in [4.69, 9.17) is 0 Å². The SMILES string of the molecule is CS(=O)(=O)N1CCN(C(=O)CNC(=O)/C=C/c2ccc(F)c(F)c2)CC1. The fourth-order valence-electron chi connectivity index (χ4n) is 2.39. The zero-order chi connectivity index (χ0) is 19.3. The fourth-order valence-corrected chi connectivity index (χ4v) is 3.22. The number of halogens is 2. The van der Waals surface area contributed by atoms with E-state index in [-0.39, 0.29) is 38.6 Å². The van der Waals surface area contributed by atoms with Gasteiger partial charge < -0.3 is 10.2 Å². The normalized spacial score (nSPS) is 16.0. The molecule has 2 rings (SSSR count). The van der Waals surface area contributed by atoms with Crippen molar-refractivity contribution in [2.24, 2.45) is 0 Å². The molecule has 10 heteroatoms. The number of amides is 2. The minimum atomic E-state index is -3.27. The lowest BCUT2D eigenvalue weighted by Crippen LogP contribution is -2.52. The highest BCUT2D eigenvalue weighted by molar-refractivity contribution is 7.88. The minimum Gasteiger partial charge on any atom is -0.343 e. The molecular formula is C16H19F2N3O4S. The van der Waals surface area contributed by atoms with Gasteiger partial charge in [-0.1, -0.05) is 6.07 Å². The van der Waals surface area contributed by atoms with Crippen LogP contribution in [0.1, 0.15) is 5.56 Å². The number of benzene rings is 1. The van der Waals surface area contributed by atoms with E-state index in [1.165, 1.54) is 21.3 Å². The van der Waals surface area contributed by atoms with Crippen LogP contribution < -0.4 is 5.32 Å². The number of carbonyl (C=O) groups excluding carboxylic acids is 2. The molecule has 1 aliphatic heterocycles. The molecule has 0 aliphatic carbocycles. The van der Waals surface area contributed by atoms with Gasteiger partial charge in [0.25, 0.3) is 0 Å². The summed E-state index contributed by atoms with van der Waals surface area (Å²) >= 11 is 0. The molecule has 0 bridgehead atoms. The molecule has 0 unspecified atom stereocenters. The number of hydrogen-bond donors (Lipinski definition) is 1. The number of nitrogens with one attached hydrogen (secondary N) is 1. The summed E-state index contributed by atoms with van der Waals surface area (Å²) < 4.78 is 50.0. The van der Waals surface area contributed by atoms with Crippen LogP contribution in [0.15, 0.2) is 24.3 Å². The largest absolute Gasteiger partial charge is 0.343 e. The van der Waals surface area contributed by atoms with Crippen LogP contribution >= 0.6 is 0 Å². The van der Waals surface area contributed by atoms with Crippen LogP contribution in [0.3, 0.4) is 0 Å². The third-order valence-electron chi connectivity index (χ3n) is 3.85. The quantitative estimate of drug-likeness (QED) is 0.732. The Kier molecular flexibility index (Phi) is 6.43. The van der Waals surface area contributed by atoms with Gasteiger partial charge in [-0.3, -0.25) is 9.59 Å². The van der Waals surface area contributed by atoms with Crippen molar-refractivity contribution in [2.75, 3.05) is 39.0 Å². The number of sulfonamides is 1. The van der Waals surface area contributed by atoms with Crippen molar-refractivity contribution in [3.8, 4) is 0 Å². The van der Waals surface area contributed by atoms with Crippen molar-refractivity contribution in [3.05, 3.63) is 41.5 Å². The lowest BCUT2D eigenvalue weighted by Gasteiger charge is -2.33. The van der Waals surface area contributed by atoms with Crippen molar-refractivity contribution >= 4 is 27.9 Å². The first-order valence-electron chi connectivity index (χ1n) is 7.80. The van der Waals surface area contributed by atoms with Gasteiger partial charge in [-0.25, -0.2) is 17.2 Å². The maximum Gasteiger partial charge on any atom is 0.244 e. The highest BCUT2D eigenvalue weighted by Crippen LogP contribution is 2.10. The first kappa shape index (κ1) is 20.0. The Bertz CT molecular complexity index is 819. The Labute approximate surface area is 150 Å². The summed E-state index contributed by atoms with van der Waals surface area (Å²) in [5.41, 5.74) is 0.308. The third-order valence-corrected chi connectivity index (χ3v) is 5.15. The number of piperazine rings is 1. The zero-order valence-corrected chi connectivity index (χ0v) is 14.9. The third kappa shape index (κ3) is 5.60. The van der Waals surface area contributed by atoms with Gasteiger partial charge in [-0.05, 0) is 23.8 Å². The fraction of sp³-hybridized carbons (Fsp3) is 0.375. The average Bonchev–Trinajstić information content (AvgIpc) is 2.60. The van der Waals surface area contributed by atoms with E-state index in [1.807, 2.05) is 0 Å². The standard InChI is InChI=1S/C16H19F2N3O4S/c1-26(24,25)21-8-6-20(7-9-21)16(23)11-19-15(22)5-3-12-2-4-13(17)14(18)10-12/h2-5,10H,6-9,11H2,1H3,(H,19,22)/b5-3+. The van der Waals surface area contributed by atoms with Crippen LogP contribution in [-0.4, -0.2) is 68.4 Å². The minimum absolute atomic E-state index is 0.217. The van der Waals surface area contributed by atoms with Gasteiger partial charge in [0.15, 0.2) is 11.6 Å². The predicted octanol–water partition coefficient (Wildman–Crippen LogP) is 0.198. The van der Waals surface area contributed by atoms with E-state index in [0.29, 0.717) is 5.56 Å². The molecule has 142 valence electrons. The smallest absolute Gasteiger partial charge is 0.244 e. The molecule has 1 saturated heterocycles. The molecule has 0 atom stereocenters. The molecule has 0 aromatic heterocycles. The summed E-state index contributed by atoms with van der Waals surface area (Å²) in [4.78, 5) is 25.2. The summed E-state index contributed by atoms with van der Waals surface area (Å²) in [6.07, 6.45) is 3.53. The Balaban J connectivity index is 1.79. The van der Waals surface area contributed by atoms with Crippen LogP contribution in [0, 0.1) is 11.6 Å². The second-order valence-electron chi connectivity index (χ2n) is 5.77. The predicted molar refractivity (Wildman–Crippen MR) is 91.4 cm³/mol. The number of nitrogens with zero attached hydrogens (tertiary/aromatic N) is 2. The lowest BCUT2D eigenvalue weighted by molar-refractivity contribution is -0.133. The molecular weight excluding hydrogens is 368 g/mol. The van der Waals surface area contributed by atoms with Crippen molar-refractivity contribution in [1.29, 1.82) is 0 Å². The van der Waals surface area contributed by atoms with E-state index in [2.05, 4.69) is 5.32 Å². The first-order valence-corrected chi connectivity index (χ1v) is 9.65. The van der Waals surface area contributed by atoms with Gasteiger partial charge in [-0.2, -0.15) is 4.31 Å². The summed E-state index contributed by atoms with van der Waals surface area (Å²) in [6, 6.07) is 3.22. The molecule has 7 nitrogen and oxygen atoms in total. The van der Waals surface area contributed by atoms with Crippen LogP contribution in [0.4, 0.5) is 8.78 Å². The van der Waals surface area contributed by atoms with Crippen molar-refractivity contribution in [1.82, 2.24) is 14.5 Å². The van der Waals surface area contributed by atoms with Gasteiger partial charge in [0.1, 0.15) is 0 Å². The maximum atomic E-state index is 13.1. The molecule has 1 N–H and O–H groups in total. The van der Waals surface area contributed by atoms with Crippen LogP contribution in [0.25, 0.3) is 6.08 Å². The van der Waals surface area contributed by atoms with E-state index < -0.39 is 27.6 Å². The second kappa shape index (κ2) is 8.37.